The molecule has 4 heteroatoms. The van der Waals surface area contributed by atoms with E-state index in [1.807, 2.05) is 61.7 Å². The predicted octanol–water partition coefficient (Wildman–Crippen LogP) is 3.70. The number of amides is 1. The summed E-state index contributed by atoms with van der Waals surface area (Å²) >= 11 is 1.60. The van der Waals surface area contributed by atoms with Crippen LogP contribution in [0.2, 0.25) is 0 Å². The van der Waals surface area contributed by atoms with Gasteiger partial charge in [-0.25, -0.2) is 0 Å². The fraction of sp³-hybridized carbons (Fsp3) is 0.421. The third kappa shape index (κ3) is 4.66. The van der Waals surface area contributed by atoms with Crippen LogP contribution in [-0.2, 0) is 10.2 Å². The fourth-order valence-electron chi connectivity index (χ4n) is 2.66. The maximum Gasteiger partial charge on any atom is 0.230 e. The molecule has 2 atom stereocenters. The summed E-state index contributed by atoms with van der Waals surface area (Å²) in [5, 5.41) is 14.8. The minimum atomic E-state index is -0.541. The predicted molar refractivity (Wildman–Crippen MR) is 95.8 cm³/mol. The molecule has 0 aliphatic rings. The van der Waals surface area contributed by atoms with Gasteiger partial charge >= 0.3 is 0 Å². The Labute approximate surface area is 142 Å². The van der Waals surface area contributed by atoms with Gasteiger partial charge < -0.3 is 10.4 Å². The Morgan fingerprint density at radius 2 is 1.91 bits per heavy atom. The molecule has 2 aromatic rings. The normalized spacial score (nSPS) is 14.3. The lowest BCUT2D eigenvalue weighted by Gasteiger charge is -2.25. The molecule has 0 fully saturated rings. The van der Waals surface area contributed by atoms with Crippen LogP contribution in [0.25, 0.3) is 0 Å². The van der Waals surface area contributed by atoms with Crippen molar-refractivity contribution >= 4 is 17.2 Å². The summed E-state index contributed by atoms with van der Waals surface area (Å²) in [7, 11) is 0. The molecule has 0 radical (unpaired) electrons. The van der Waals surface area contributed by atoms with Crippen molar-refractivity contribution in [1.29, 1.82) is 0 Å². The van der Waals surface area contributed by atoms with Crippen molar-refractivity contribution in [2.45, 2.75) is 44.6 Å². The quantitative estimate of drug-likeness (QED) is 0.813. The third-order valence-corrected chi connectivity index (χ3v) is 5.30. The van der Waals surface area contributed by atoms with E-state index in [1.54, 1.807) is 18.3 Å². The number of hydrogen-bond donors (Lipinski definition) is 2. The minimum absolute atomic E-state index is 0.0199. The SMILES string of the molecule is CC(O)CC(CNC(=O)C(C)(C)c1cccs1)c1ccccc1. The number of carbonyl (C=O) groups excluding carboxylic acids is 1. The molecule has 0 saturated carbocycles. The molecule has 1 heterocycles. The van der Waals surface area contributed by atoms with Crippen LogP contribution < -0.4 is 5.32 Å². The fourth-order valence-corrected chi connectivity index (χ4v) is 3.51. The Kier molecular flexibility index (Phi) is 5.97. The molecule has 2 rings (SSSR count). The second kappa shape index (κ2) is 7.75. The molecule has 1 aromatic heterocycles. The van der Waals surface area contributed by atoms with Crippen molar-refractivity contribution in [3.63, 3.8) is 0 Å². The highest BCUT2D eigenvalue weighted by atomic mass is 32.1. The Hall–Kier alpha value is -1.65. The molecule has 1 aromatic carbocycles. The lowest BCUT2D eigenvalue weighted by Crippen LogP contribution is -2.41. The van der Waals surface area contributed by atoms with E-state index in [4.69, 9.17) is 0 Å². The van der Waals surface area contributed by atoms with Gasteiger partial charge in [0, 0.05) is 17.3 Å². The van der Waals surface area contributed by atoms with Crippen LogP contribution in [0.3, 0.4) is 0 Å². The maximum atomic E-state index is 12.6. The Bertz CT molecular complexity index is 606. The topological polar surface area (TPSA) is 49.3 Å². The summed E-state index contributed by atoms with van der Waals surface area (Å²) in [6, 6.07) is 14.0. The standard InChI is InChI=1S/C19H25NO2S/c1-14(21)12-16(15-8-5-4-6-9-15)13-20-18(22)19(2,3)17-10-7-11-23-17/h4-11,14,16,21H,12-13H2,1-3H3,(H,20,22). The van der Waals surface area contributed by atoms with Crippen LogP contribution in [-0.4, -0.2) is 23.7 Å². The molecule has 3 nitrogen and oxygen atoms in total. The number of benzene rings is 1. The third-order valence-electron chi connectivity index (χ3n) is 4.11. The van der Waals surface area contributed by atoms with E-state index in [1.165, 1.54) is 0 Å². The average Bonchev–Trinajstić information content (AvgIpc) is 3.06. The Balaban J connectivity index is 2.05. The lowest BCUT2D eigenvalue weighted by molar-refractivity contribution is -0.125. The van der Waals surface area contributed by atoms with Gasteiger partial charge in [0.05, 0.1) is 11.5 Å². The van der Waals surface area contributed by atoms with Crippen LogP contribution in [0.1, 0.15) is 43.6 Å². The van der Waals surface area contributed by atoms with Gasteiger partial charge in [0.25, 0.3) is 0 Å². The summed E-state index contributed by atoms with van der Waals surface area (Å²) in [4.78, 5) is 13.7. The van der Waals surface area contributed by atoms with E-state index < -0.39 is 11.5 Å². The van der Waals surface area contributed by atoms with Crippen LogP contribution in [0.15, 0.2) is 47.8 Å². The van der Waals surface area contributed by atoms with E-state index in [9.17, 15) is 9.90 Å². The zero-order chi connectivity index (χ0) is 16.9. The number of rotatable bonds is 7. The summed E-state index contributed by atoms with van der Waals surface area (Å²) in [5.41, 5.74) is 0.600. The first-order chi connectivity index (χ1) is 10.9. The largest absolute Gasteiger partial charge is 0.393 e. The van der Waals surface area contributed by atoms with Gasteiger partial charge in [-0.05, 0) is 44.2 Å². The zero-order valence-electron chi connectivity index (χ0n) is 14.0. The molecular weight excluding hydrogens is 306 g/mol. The summed E-state index contributed by atoms with van der Waals surface area (Å²) in [6.07, 6.45) is 0.228. The Morgan fingerprint density at radius 1 is 1.22 bits per heavy atom. The van der Waals surface area contributed by atoms with Gasteiger partial charge in [0.2, 0.25) is 5.91 Å². The molecule has 0 bridgehead atoms. The summed E-state index contributed by atoms with van der Waals surface area (Å²) < 4.78 is 0. The highest BCUT2D eigenvalue weighted by molar-refractivity contribution is 7.10. The van der Waals surface area contributed by atoms with Crippen LogP contribution in [0.5, 0.6) is 0 Å². The van der Waals surface area contributed by atoms with Gasteiger partial charge in [-0.3, -0.25) is 4.79 Å². The molecule has 0 saturated heterocycles. The first-order valence-corrected chi connectivity index (χ1v) is 8.84. The average molecular weight is 331 g/mol. The second-order valence-corrected chi connectivity index (χ2v) is 7.45. The van der Waals surface area contributed by atoms with Crippen LogP contribution >= 0.6 is 11.3 Å². The van der Waals surface area contributed by atoms with E-state index in [-0.39, 0.29) is 11.8 Å². The van der Waals surface area contributed by atoms with Crippen molar-refractivity contribution in [2.75, 3.05) is 6.54 Å². The second-order valence-electron chi connectivity index (χ2n) is 6.50. The van der Waals surface area contributed by atoms with Crippen LogP contribution in [0, 0.1) is 0 Å². The summed E-state index contributed by atoms with van der Waals surface area (Å²) in [6.45, 7) is 6.20. The molecule has 2 N–H and O–H groups in total. The first-order valence-electron chi connectivity index (χ1n) is 7.96. The molecule has 0 spiro atoms. The number of thiophene rings is 1. The maximum absolute atomic E-state index is 12.6. The number of carbonyl (C=O) groups is 1. The summed E-state index contributed by atoms with van der Waals surface area (Å²) in [5.74, 6) is 0.130. The van der Waals surface area contributed by atoms with Crippen molar-refractivity contribution in [1.82, 2.24) is 5.32 Å². The molecule has 0 aliphatic carbocycles. The molecule has 1 amide bonds. The van der Waals surface area contributed by atoms with Crippen molar-refractivity contribution < 1.29 is 9.90 Å². The zero-order valence-corrected chi connectivity index (χ0v) is 14.8. The first kappa shape index (κ1) is 17.7. The van der Waals surface area contributed by atoms with Crippen molar-refractivity contribution in [2.24, 2.45) is 0 Å². The minimum Gasteiger partial charge on any atom is -0.393 e. The monoisotopic (exact) mass is 331 g/mol. The van der Waals surface area contributed by atoms with Crippen molar-refractivity contribution in [3.8, 4) is 0 Å². The van der Waals surface area contributed by atoms with Gasteiger partial charge in [-0.2, -0.15) is 0 Å². The van der Waals surface area contributed by atoms with Gasteiger partial charge in [0.15, 0.2) is 0 Å². The van der Waals surface area contributed by atoms with E-state index in [0.29, 0.717) is 13.0 Å². The van der Waals surface area contributed by atoms with E-state index >= 15 is 0 Å². The van der Waals surface area contributed by atoms with Crippen LogP contribution in [0.4, 0.5) is 0 Å². The highest BCUT2D eigenvalue weighted by Gasteiger charge is 2.31. The smallest absolute Gasteiger partial charge is 0.230 e. The Morgan fingerprint density at radius 3 is 2.48 bits per heavy atom. The van der Waals surface area contributed by atoms with Crippen molar-refractivity contribution in [3.05, 3.63) is 58.3 Å². The van der Waals surface area contributed by atoms with Gasteiger partial charge in [0.1, 0.15) is 0 Å². The molecule has 23 heavy (non-hydrogen) atoms. The number of nitrogens with one attached hydrogen (secondary N) is 1. The van der Waals surface area contributed by atoms with Gasteiger partial charge in [-0.1, -0.05) is 36.4 Å². The van der Waals surface area contributed by atoms with Gasteiger partial charge in [-0.15, -0.1) is 11.3 Å². The molecule has 124 valence electrons. The highest BCUT2D eigenvalue weighted by Crippen LogP contribution is 2.28. The van der Waals surface area contributed by atoms with E-state index in [2.05, 4.69) is 5.32 Å². The number of aliphatic hydroxyl groups is 1. The molecular formula is C19H25NO2S. The lowest BCUT2D eigenvalue weighted by atomic mass is 9.89. The van der Waals surface area contributed by atoms with E-state index in [0.717, 1.165) is 10.4 Å². The molecule has 2 unspecified atom stereocenters. The molecule has 0 aliphatic heterocycles. The number of hydrogen-bond acceptors (Lipinski definition) is 3. The number of aliphatic hydroxyl groups excluding tert-OH is 1.